The van der Waals surface area contributed by atoms with Gasteiger partial charge >= 0.3 is 0 Å². The highest BCUT2D eigenvalue weighted by Gasteiger charge is 2.43. The Bertz CT molecular complexity index is 174. The van der Waals surface area contributed by atoms with Crippen molar-refractivity contribution in [1.82, 2.24) is 0 Å². The lowest BCUT2D eigenvalue weighted by atomic mass is 10.1. The van der Waals surface area contributed by atoms with Gasteiger partial charge in [0.05, 0.1) is 12.7 Å². The summed E-state index contributed by atoms with van der Waals surface area (Å²) in [4.78, 5) is 0. The smallest absolute Gasteiger partial charge is 0.114 e. The largest absolute Gasteiger partial charge is 0.382 e. The van der Waals surface area contributed by atoms with Gasteiger partial charge in [-0.1, -0.05) is 6.92 Å². The summed E-state index contributed by atoms with van der Waals surface area (Å²) < 4.78 is 22.0. The second-order valence-electron chi connectivity index (χ2n) is 3.87. The molecule has 4 heteroatoms. The standard InChI is InChI=1S/C11H22O4/c1-5-6-14-10-8(2)15-9(7-12-3)11(10)13-4/h8-11H,5-7H2,1-4H3/t8-,9+,10+,11?/m0/s1. The second kappa shape index (κ2) is 6.43. The second-order valence-corrected chi connectivity index (χ2v) is 3.87. The zero-order chi connectivity index (χ0) is 11.3. The minimum Gasteiger partial charge on any atom is -0.382 e. The normalized spacial score (nSPS) is 36.0. The van der Waals surface area contributed by atoms with Crippen molar-refractivity contribution in [2.45, 2.75) is 44.7 Å². The Morgan fingerprint density at radius 1 is 1.20 bits per heavy atom. The van der Waals surface area contributed by atoms with Gasteiger partial charge in [-0.25, -0.2) is 0 Å². The minimum absolute atomic E-state index is 0.0168. The van der Waals surface area contributed by atoms with Crippen LogP contribution in [0.15, 0.2) is 0 Å². The Morgan fingerprint density at radius 2 is 1.93 bits per heavy atom. The van der Waals surface area contributed by atoms with Crippen molar-refractivity contribution < 1.29 is 18.9 Å². The summed E-state index contributed by atoms with van der Waals surface area (Å²) in [5, 5.41) is 0. The van der Waals surface area contributed by atoms with Crippen LogP contribution >= 0.6 is 0 Å². The average molecular weight is 218 g/mol. The van der Waals surface area contributed by atoms with Crippen LogP contribution < -0.4 is 0 Å². The first kappa shape index (κ1) is 12.9. The Balaban J connectivity index is 2.52. The fourth-order valence-electron chi connectivity index (χ4n) is 1.98. The predicted octanol–water partition coefficient (Wildman–Crippen LogP) is 1.23. The molecule has 15 heavy (non-hydrogen) atoms. The molecule has 0 bridgehead atoms. The van der Waals surface area contributed by atoms with Gasteiger partial charge in [0.25, 0.3) is 0 Å². The molecule has 0 spiro atoms. The predicted molar refractivity (Wildman–Crippen MR) is 57.0 cm³/mol. The maximum Gasteiger partial charge on any atom is 0.114 e. The van der Waals surface area contributed by atoms with Crippen molar-refractivity contribution in [1.29, 1.82) is 0 Å². The highest BCUT2D eigenvalue weighted by Crippen LogP contribution is 2.26. The molecule has 0 radical (unpaired) electrons. The number of rotatable bonds is 6. The van der Waals surface area contributed by atoms with E-state index in [2.05, 4.69) is 6.92 Å². The van der Waals surface area contributed by atoms with Crippen LogP contribution in [0.1, 0.15) is 20.3 Å². The molecule has 0 aromatic rings. The Morgan fingerprint density at radius 3 is 2.47 bits per heavy atom. The lowest BCUT2D eigenvalue weighted by Crippen LogP contribution is -2.37. The topological polar surface area (TPSA) is 36.9 Å². The quantitative estimate of drug-likeness (QED) is 0.672. The Kier molecular flexibility index (Phi) is 5.53. The van der Waals surface area contributed by atoms with Crippen LogP contribution in [0.5, 0.6) is 0 Å². The maximum atomic E-state index is 5.74. The van der Waals surface area contributed by atoms with Crippen LogP contribution in [0.3, 0.4) is 0 Å². The summed E-state index contributed by atoms with van der Waals surface area (Å²) in [7, 11) is 3.36. The molecule has 0 aromatic carbocycles. The molecule has 1 fully saturated rings. The first-order valence-electron chi connectivity index (χ1n) is 5.53. The van der Waals surface area contributed by atoms with E-state index in [9.17, 15) is 0 Å². The Hall–Kier alpha value is -0.160. The third kappa shape index (κ3) is 3.14. The summed E-state index contributed by atoms with van der Waals surface area (Å²) >= 11 is 0. The molecule has 1 saturated heterocycles. The number of hydrogen-bond donors (Lipinski definition) is 0. The van der Waals surface area contributed by atoms with Gasteiger partial charge in [0.15, 0.2) is 0 Å². The van der Waals surface area contributed by atoms with E-state index >= 15 is 0 Å². The molecule has 4 nitrogen and oxygen atoms in total. The lowest BCUT2D eigenvalue weighted by Gasteiger charge is -2.21. The van der Waals surface area contributed by atoms with Crippen LogP contribution in [0.25, 0.3) is 0 Å². The van der Waals surface area contributed by atoms with Crippen molar-refractivity contribution in [3.05, 3.63) is 0 Å². The fraction of sp³-hybridized carbons (Fsp3) is 1.00. The molecule has 0 amide bonds. The molecular formula is C11H22O4. The molecule has 1 aliphatic heterocycles. The maximum absolute atomic E-state index is 5.74. The fourth-order valence-corrected chi connectivity index (χ4v) is 1.98. The summed E-state index contributed by atoms with van der Waals surface area (Å²) in [5.74, 6) is 0. The summed E-state index contributed by atoms with van der Waals surface area (Å²) in [6, 6.07) is 0. The van der Waals surface area contributed by atoms with Gasteiger partial charge in [0, 0.05) is 20.8 Å². The minimum atomic E-state index is -0.0218. The first-order valence-corrected chi connectivity index (χ1v) is 5.53. The van der Waals surface area contributed by atoms with E-state index in [1.165, 1.54) is 0 Å². The van der Waals surface area contributed by atoms with Gasteiger partial charge in [-0.15, -0.1) is 0 Å². The van der Waals surface area contributed by atoms with E-state index < -0.39 is 0 Å². The van der Waals surface area contributed by atoms with Crippen molar-refractivity contribution in [2.24, 2.45) is 0 Å². The molecule has 90 valence electrons. The van der Waals surface area contributed by atoms with Gasteiger partial charge in [0.2, 0.25) is 0 Å². The molecule has 1 rings (SSSR count). The molecule has 1 unspecified atom stereocenters. The van der Waals surface area contributed by atoms with Gasteiger partial charge < -0.3 is 18.9 Å². The van der Waals surface area contributed by atoms with Crippen LogP contribution in [-0.2, 0) is 18.9 Å². The Labute approximate surface area is 91.8 Å². The molecule has 0 saturated carbocycles. The van der Waals surface area contributed by atoms with Gasteiger partial charge in [-0.2, -0.15) is 0 Å². The molecule has 4 atom stereocenters. The van der Waals surface area contributed by atoms with Crippen molar-refractivity contribution in [2.75, 3.05) is 27.4 Å². The number of methoxy groups -OCH3 is 2. The van der Waals surface area contributed by atoms with Crippen LogP contribution in [0.4, 0.5) is 0 Å². The molecule has 0 aromatic heterocycles. The van der Waals surface area contributed by atoms with E-state index in [4.69, 9.17) is 18.9 Å². The van der Waals surface area contributed by atoms with Gasteiger partial charge in [-0.3, -0.25) is 0 Å². The summed E-state index contributed by atoms with van der Waals surface area (Å²) in [6.45, 7) is 5.41. The SMILES string of the molecule is CCCO[C@H]1C(OC)[C@@H](COC)O[C@H]1C. The van der Waals surface area contributed by atoms with Gasteiger partial charge in [0.1, 0.15) is 18.3 Å². The third-order valence-electron chi connectivity index (χ3n) is 2.66. The first-order chi connectivity index (χ1) is 7.24. The average Bonchev–Trinajstić information content (AvgIpc) is 2.52. The summed E-state index contributed by atoms with van der Waals surface area (Å²) in [6.07, 6.45) is 1.06. The zero-order valence-corrected chi connectivity index (χ0v) is 10.1. The van der Waals surface area contributed by atoms with Crippen LogP contribution in [-0.4, -0.2) is 51.8 Å². The summed E-state index contributed by atoms with van der Waals surface area (Å²) in [5.41, 5.74) is 0. The van der Waals surface area contributed by atoms with Crippen molar-refractivity contribution in [3.8, 4) is 0 Å². The molecule has 0 aliphatic carbocycles. The zero-order valence-electron chi connectivity index (χ0n) is 10.1. The number of ether oxygens (including phenoxy) is 4. The van der Waals surface area contributed by atoms with Crippen molar-refractivity contribution in [3.63, 3.8) is 0 Å². The molecule has 0 N–H and O–H groups in total. The molecular weight excluding hydrogens is 196 g/mol. The van der Waals surface area contributed by atoms with E-state index in [0.29, 0.717) is 6.61 Å². The molecule has 1 aliphatic rings. The van der Waals surface area contributed by atoms with Crippen LogP contribution in [0, 0.1) is 0 Å². The van der Waals surface area contributed by atoms with E-state index in [0.717, 1.165) is 13.0 Å². The molecule has 1 heterocycles. The lowest BCUT2D eigenvalue weighted by molar-refractivity contribution is -0.0558. The monoisotopic (exact) mass is 218 g/mol. The van der Waals surface area contributed by atoms with Gasteiger partial charge in [-0.05, 0) is 13.3 Å². The highest BCUT2D eigenvalue weighted by molar-refractivity contribution is 4.90. The van der Waals surface area contributed by atoms with E-state index in [1.54, 1.807) is 14.2 Å². The van der Waals surface area contributed by atoms with E-state index in [1.807, 2.05) is 6.92 Å². The third-order valence-corrected chi connectivity index (χ3v) is 2.66. The highest BCUT2D eigenvalue weighted by atomic mass is 16.6. The van der Waals surface area contributed by atoms with E-state index in [-0.39, 0.29) is 24.4 Å². The van der Waals surface area contributed by atoms with Crippen molar-refractivity contribution >= 4 is 0 Å². The number of hydrogen-bond acceptors (Lipinski definition) is 4. The van der Waals surface area contributed by atoms with Crippen LogP contribution in [0.2, 0.25) is 0 Å².